The zero-order chi connectivity index (χ0) is 18.8. The summed E-state index contributed by atoms with van der Waals surface area (Å²) < 4.78 is 1.48. The van der Waals surface area contributed by atoms with E-state index in [4.69, 9.17) is 0 Å². The van der Waals surface area contributed by atoms with Crippen molar-refractivity contribution in [3.05, 3.63) is 94.5 Å². The number of rotatable bonds is 3. The largest absolute Gasteiger partial charge is 0.508 e. The highest BCUT2D eigenvalue weighted by Crippen LogP contribution is 2.20. The number of nitrogens with zero attached hydrogens (tertiary/aromatic N) is 2. The minimum atomic E-state index is -0.205. The van der Waals surface area contributed by atoms with Crippen LogP contribution in [0.3, 0.4) is 0 Å². The molecule has 5 nitrogen and oxygen atoms in total. The lowest BCUT2D eigenvalue weighted by Crippen LogP contribution is -2.22. The van der Waals surface area contributed by atoms with Crippen molar-refractivity contribution in [1.82, 2.24) is 9.55 Å². The molecule has 1 heterocycles. The zero-order valence-electron chi connectivity index (χ0n) is 14.3. The first-order valence-electron chi connectivity index (χ1n) is 8.41. The molecule has 0 aliphatic heterocycles. The van der Waals surface area contributed by atoms with Crippen LogP contribution in [0.2, 0.25) is 0 Å². The van der Waals surface area contributed by atoms with E-state index in [0.29, 0.717) is 28.0 Å². The molecule has 0 atom stereocenters. The van der Waals surface area contributed by atoms with Gasteiger partial charge in [0.2, 0.25) is 0 Å². The van der Waals surface area contributed by atoms with Gasteiger partial charge in [-0.2, -0.15) is 0 Å². The number of para-hydroxylation sites is 2. The van der Waals surface area contributed by atoms with Gasteiger partial charge in [-0.15, -0.1) is 0 Å². The lowest BCUT2D eigenvalue weighted by Gasteiger charge is -2.11. The first-order valence-corrected chi connectivity index (χ1v) is 8.41. The van der Waals surface area contributed by atoms with Gasteiger partial charge < -0.3 is 10.2 Å². The van der Waals surface area contributed by atoms with Gasteiger partial charge in [-0.05, 0) is 54.6 Å². The van der Waals surface area contributed by atoms with E-state index in [1.807, 2.05) is 12.1 Å². The lowest BCUT2D eigenvalue weighted by atomic mass is 10.2. The van der Waals surface area contributed by atoms with Gasteiger partial charge in [0.05, 0.1) is 16.6 Å². The third kappa shape index (κ3) is 3.18. The van der Waals surface area contributed by atoms with Crippen LogP contribution >= 0.6 is 0 Å². The summed E-state index contributed by atoms with van der Waals surface area (Å²) in [5.41, 5.74) is 1.60. The number of fused-ring (bicyclic) bond motifs is 1. The monoisotopic (exact) mass is 356 g/mol. The molecular weight excluding hydrogens is 340 g/mol. The predicted octanol–water partition coefficient (Wildman–Crippen LogP) is 3.97. The summed E-state index contributed by atoms with van der Waals surface area (Å²) in [6.45, 7) is 0. The number of hydrogen-bond donors (Lipinski definition) is 2. The van der Waals surface area contributed by atoms with Gasteiger partial charge in [0.15, 0.2) is 0 Å². The first-order chi connectivity index (χ1) is 13.1. The average Bonchev–Trinajstić information content (AvgIpc) is 2.69. The molecule has 0 saturated heterocycles. The van der Waals surface area contributed by atoms with Crippen molar-refractivity contribution < 1.29 is 10.2 Å². The van der Waals surface area contributed by atoms with Crippen LogP contribution in [0.15, 0.2) is 77.6 Å². The third-order valence-corrected chi connectivity index (χ3v) is 4.26. The van der Waals surface area contributed by atoms with Crippen molar-refractivity contribution in [2.75, 3.05) is 0 Å². The second kappa shape index (κ2) is 6.80. The summed E-state index contributed by atoms with van der Waals surface area (Å²) >= 11 is 0. The number of aromatic nitrogens is 2. The molecule has 1 aromatic heterocycles. The summed E-state index contributed by atoms with van der Waals surface area (Å²) in [5, 5.41) is 20.0. The predicted molar refractivity (Wildman–Crippen MR) is 106 cm³/mol. The topological polar surface area (TPSA) is 75.3 Å². The second-order valence-electron chi connectivity index (χ2n) is 6.04. The molecule has 0 fully saturated rings. The minimum Gasteiger partial charge on any atom is -0.508 e. The molecule has 0 unspecified atom stereocenters. The standard InChI is InChI=1S/C22H16N2O3/c25-17-12-10-16(11-13-17)24-21(14-9-15-5-1-4-8-20(15)26)23-19-7-3-2-6-18(19)22(24)27/h1-14,25-26H/b14-9+. The lowest BCUT2D eigenvalue weighted by molar-refractivity contribution is 0.474. The first kappa shape index (κ1) is 16.6. The Morgan fingerprint density at radius 1 is 0.815 bits per heavy atom. The Labute approximate surface area is 155 Å². The van der Waals surface area contributed by atoms with E-state index in [9.17, 15) is 15.0 Å². The third-order valence-electron chi connectivity index (χ3n) is 4.26. The molecule has 132 valence electrons. The Bertz CT molecular complexity index is 1210. The molecule has 4 aromatic rings. The molecule has 0 spiro atoms. The Morgan fingerprint density at radius 3 is 2.30 bits per heavy atom. The van der Waals surface area contributed by atoms with E-state index < -0.39 is 0 Å². The Balaban J connectivity index is 1.95. The van der Waals surface area contributed by atoms with E-state index in [2.05, 4.69) is 4.98 Å². The van der Waals surface area contributed by atoms with Crippen LogP contribution in [0, 0.1) is 0 Å². The number of aromatic hydroxyl groups is 2. The summed E-state index contributed by atoms with van der Waals surface area (Å²) in [5.74, 6) is 0.688. The highest BCUT2D eigenvalue weighted by molar-refractivity contribution is 5.80. The quantitative estimate of drug-likeness (QED) is 0.582. The van der Waals surface area contributed by atoms with Crippen LogP contribution in [-0.2, 0) is 0 Å². The SMILES string of the molecule is O=c1c2ccccc2nc(/C=C/c2ccccc2O)n1-c1ccc(O)cc1. The van der Waals surface area contributed by atoms with Gasteiger partial charge >= 0.3 is 0 Å². The fraction of sp³-hybridized carbons (Fsp3) is 0. The summed E-state index contributed by atoms with van der Waals surface area (Å²) in [6.07, 6.45) is 3.40. The van der Waals surface area contributed by atoms with Crippen molar-refractivity contribution in [3.8, 4) is 17.2 Å². The number of phenolic OH excluding ortho intramolecular Hbond substituents is 2. The number of benzene rings is 3. The van der Waals surface area contributed by atoms with Gasteiger partial charge in [0.1, 0.15) is 17.3 Å². The molecular formula is C22H16N2O3. The summed E-state index contributed by atoms with van der Waals surface area (Å²) in [7, 11) is 0. The van der Waals surface area contributed by atoms with Crippen LogP contribution in [-0.4, -0.2) is 19.8 Å². The van der Waals surface area contributed by atoms with Crippen LogP contribution in [0.1, 0.15) is 11.4 Å². The van der Waals surface area contributed by atoms with Crippen LogP contribution in [0.25, 0.3) is 28.7 Å². The van der Waals surface area contributed by atoms with Crippen molar-refractivity contribution >= 4 is 23.1 Å². The normalized spacial score (nSPS) is 11.3. The van der Waals surface area contributed by atoms with Crippen molar-refractivity contribution in [3.63, 3.8) is 0 Å². The van der Waals surface area contributed by atoms with E-state index in [0.717, 1.165) is 0 Å². The minimum absolute atomic E-state index is 0.117. The molecule has 4 rings (SSSR count). The Hall–Kier alpha value is -3.86. The van der Waals surface area contributed by atoms with Crippen LogP contribution in [0.5, 0.6) is 11.5 Å². The van der Waals surface area contributed by atoms with Gasteiger partial charge in [-0.1, -0.05) is 30.3 Å². The maximum Gasteiger partial charge on any atom is 0.266 e. The number of phenols is 2. The van der Waals surface area contributed by atoms with Gasteiger partial charge in [0.25, 0.3) is 5.56 Å². The second-order valence-corrected chi connectivity index (χ2v) is 6.04. The summed E-state index contributed by atoms with van der Waals surface area (Å²) in [6, 6.07) is 20.4. The van der Waals surface area contributed by atoms with Crippen molar-refractivity contribution in [1.29, 1.82) is 0 Å². The smallest absolute Gasteiger partial charge is 0.266 e. The van der Waals surface area contributed by atoms with E-state index in [1.165, 1.54) is 16.7 Å². The molecule has 5 heteroatoms. The van der Waals surface area contributed by atoms with Crippen LogP contribution in [0.4, 0.5) is 0 Å². The molecule has 0 aliphatic carbocycles. The Morgan fingerprint density at radius 2 is 1.52 bits per heavy atom. The molecule has 0 bridgehead atoms. The molecule has 0 radical (unpaired) electrons. The molecule has 0 aliphatic rings. The van der Waals surface area contributed by atoms with Crippen molar-refractivity contribution in [2.45, 2.75) is 0 Å². The maximum atomic E-state index is 13.1. The Kier molecular flexibility index (Phi) is 4.18. The van der Waals surface area contributed by atoms with Crippen LogP contribution < -0.4 is 5.56 Å². The molecule has 0 amide bonds. The highest BCUT2D eigenvalue weighted by Gasteiger charge is 2.11. The van der Waals surface area contributed by atoms with Gasteiger partial charge in [-0.25, -0.2) is 4.98 Å². The van der Waals surface area contributed by atoms with Crippen molar-refractivity contribution in [2.24, 2.45) is 0 Å². The summed E-state index contributed by atoms with van der Waals surface area (Å²) in [4.78, 5) is 17.7. The van der Waals surface area contributed by atoms with E-state index in [1.54, 1.807) is 60.7 Å². The van der Waals surface area contributed by atoms with E-state index >= 15 is 0 Å². The molecule has 27 heavy (non-hydrogen) atoms. The van der Waals surface area contributed by atoms with Gasteiger partial charge in [-0.3, -0.25) is 9.36 Å². The number of hydrogen-bond acceptors (Lipinski definition) is 4. The molecule has 2 N–H and O–H groups in total. The molecule has 3 aromatic carbocycles. The maximum absolute atomic E-state index is 13.1. The fourth-order valence-electron chi connectivity index (χ4n) is 2.91. The molecule has 0 saturated carbocycles. The zero-order valence-corrected chi connectivity index (χ0v) is 14.3. The fourth-order valence-corrected chi connectivity index (χ4v) is 2.91. The average molecular weight is 356 g/mol. The van der Waals surface area contributed by atoms with E-state index in [-0.39, 0.29) is 17.1 Å². The highest BCUT2D eigenvalue weighted by atomic mass is 16.3. The van der Waals surface area contributed by atoms with Gasteiger partial charge in [0, 0.05) is 5.56 Å².